The zero-order valence-electron chi connectivity index (χ0n) is 29.7. The fraction of sp³-hybridized carbons (Fsp3) is 0.529. The van der Waals surface area contributed by atoms with Crippen LogP contribution in [0.5, 0.6) is 17.2 Å². The molecule has 0 fully saturated rings. The van der Waals surface area contributed by atoms with E-state index in [0.717, 1.165) is 5.56 Å². The Morgan fingerprint density at radius 3 is 1.76 bits per heavy atom. The molecular weight excluding hydrogens is 638 g/mol. The van der Waals surface area contributed by atoms with Gasteiger partial charge in [-0.3, -0.25) is 15.0 Å². The number of ether oxygens (including phenoxy) is 5. The lowest BCUT2D eigenvalue weighted by Gasteiger charge is -2.33. The van der Waals surface area contributed by atoms with Crippen LogP contribution < -0.4 is 35.6 Å². The quantitative estimate of drug-likeness (QED) is 0.145. The van der Waals surface area contributed by atoms with E-state index in [4.69, 9.17) is 23.7 Å². The molecule has 0 spiro atoms. The van der Waals surface area contributed by atoms with E-state index in [-0.39, 0.29) is 31.3 Å². The number of methoxy groups -OCH3 is 5. The summed E-state index contributed by atoms with van der Waals surface area (Å²) in [5.41, 5.74) is 4.22. The lowest BCUT2D eigenvalue weighted by Crippen LogP contribution is -2.59. The first-order valence-corrected chi connectivity index (χ1v) is 15.8. The van der Waals surface area contributed by atoms with Crippen molar-refractivity contribution in [2.75, 3.05) is 42.1 Å². The van der Waals surface area contributed by atoms with Crippen LogP contribution in [0.2, 0.25) is 0 Å². The molecule has 0 aliphatic carbocycles. The van der Waals surface area contributed by atoms with Gasteiger partial charge >= 0.3 is 12.2 Å². The molecule has 0 aromatic heterocycles. The Morgan fingerprint density at radius 1 is 0.714 bits per heavy atom. The average molecular weight is 690 g/mol. The molecule has 2 aromatic carbocycles. The Kier molecular flexibility index (Phi) is 16.4. The van der Waals surface area contributed by atoms with E-state index in [2.05, 4.69) is 21.4 Å². The summed E-state index contributed by atoms with van der Waals surface area (Å²) in [5.74, 6) is -0.649. The molecule has 272 valence electrons. The van der Waals surface area contributed by atoms with Crippen LogP contribution in [0, 0.1) is 11.8 Å². The molecular formula is C34H51N5O10. The number of aliphatic hydroxyl groups excluding tert-OH is 1. The fourth-order valence-corrected chi connectivity index (χ4v) is 5.09. The molecule has 2 aromatic rings. The second kappa shape index (κ2) is 19.9. The minimum atomic E-state index is -1.27. The number of hydrazine groups is 1. The molecule has 0 radical (unpaired) electrons. The molecule has 0 saturated carbocycles. The molecule has 0 heterocycles. The standard InChI is InChI=1S/C34H51N5O10/c1-20(2)27(36-33(43)48-8)31(41)35-24(17-22-13-11-10-12-14-22)25(40)19-39(38-32(42)28(21(3)4)37-34(44)49-9)18-23-15-16-26(45-5)30(47-7)29(23)46-6/h10-16,20-21,24-25,27-28,40H,17-19H2,1-9H3,(H,35,41)(H,36,43)(H,37,44)(H,38,42)/t24-,25?,27-,28-/m0/s1. The van der Waals surface area contributed by atoms with Gasteiger partial charge in [-0.1, -0.05) is 58.0 Å². The summed E-state index contributed by atoms with van der Waals surface area (Å²) >= 11 is 0. The van der Waals surface area contributed by atoms with Crippen LogP contribution in [0.4, 0.5) is 9.59 Å². The number of aliphatic hydroxyl groups is 1. The molecule has 15 nitrogen and oxygen atoms in total. The second-order valence-electron chi connectivity index (χ2n) is 11.9. The summed E-state index contributed by atoms with van der Waals surface area (Å²) in [5, 5.41) is 21.2. The van der Waals surface area contributed by atoms with E-state index in [1.165, 1.54) is 40.6 Å². The maximum absolute atomic E-state index is 13.6. The fourth-order valence-electron chi connectivity index (χ4n) is 5.09. The predicted molar refractivity (Wildman–Crippen MR) is 181 cm³/mol. The molecule has 2 rings (SSSR count). The Labute approximate surface area is 287 Å². The van der Waals surface area contributed by atoms with Gasteiger partial charge in [0.2, 0.25) is 11.7 Å². The van der Waals surface area contributed by atoms with Crippen LogP contribution in [0.25, 0.3) is 0 Å². The number of carbonyl (C=O) groups excluding carboxylic acids is 4. The summed E-state index contributed by atoms with van der Waals surface area (Å²) in [6.07, 6.45) is -2.61. The molecule has 49 heavy (non-hydrogen) atoms. The van der Waals surface area contributed by atoms with E-state index >= 15 is 0 Å². The van der Waals surface area contributed by atoms with Gasteiger partial charge in [0, 0.05) is 18.7 Å². The minimum Gasteiger partial charge on any atom is -0.493 e. The van der Waals surface area contributed by atoms with E-state index < -0.39 is 48.2 Å². The van der Waals surface area contributed by atoms with Gasteiger partial charge in [-0.05, 0) is 36.0 Å². The highest BCUT2D eigenvalue weighted by Gasteiger charge is 2.32. The van der Waals surface area contributed by atoms with Gasteiger partial charge in [0.1, 0.15) is 12.1 Å². The van der Waals surface area contributed by atoms with Crippen LogP contribution in [-0.4, -0.2) is 100 Å². The third-order valence-electron chi connectivity index (χ3n) is 7.73. The highest BCUT2D eigenvalue weighted by molar-refractivity contribution is 5.86. The second-order valence-corrected chi connectivity index (χ2v) is 11.9. The summed E-state index contributed by atoms with van der Waals surface area (Å²) < 4.78 is 26.0. The molecule has 5 N–H and O–H groups in total. The maximum Gasteiger partial charge on any atom is 0.407 e. The van der Waals surface area contributed by atoms with Crippen molar-refractivity contribution in [3.63, 3.8) is 0 Å². The van der Waals surface area contributed by atoms with Crippen molar-refractivity contribution in [1.29, 1.82) is 0 Å². The van der Waals surface area contributed by atoms with E-state index in [0.29, 0.717) is 22.8 Å². The lowest BCUT2D eigenvalue weighted by molar-refractivity contribution is -0.131. The summed E-state index contributed by atoms with van der Waals surface area (Å²) in [4.78, 5) is 51.3. The van der Waals surface area contributed by atoms with Gasteiger partial charge in [-0.15, -0.1) is 0 Å². The van der Waals surface area contributed by atoms with Crippen LogP contribution in [0.3, 0.4) is 0 Å². The molecule has 0 saturated heterocycles. The number of hydrogen-bond donors (Lipinski definition) is 5. The number of benzene rings is 2. The van der Waals surface area contributed by atoms with E-state index in [9.17, 15) is 24.3 Å². The highest BCUT2D eigenvalue weighted by atomic mass is 16.5. The number of nitrogens with zero attached hydrogens (tertiary/aromatic N) is 1. The van der Waals surface area contributed by atoms with Crippen molar-refractivity contribution < 1.29 is 48.0 Å². The minimum absolute atomic E-state index is 0.000113. The normalized spacial score (nSPS) is 13.5. The first kappa shape index (κ1) is 40.4. The third-order valence-corrected chi connectivity index (χ3v) is 7.73. The number of alkyl carbamates (subject to hydrolysis) is 2. The van der Waals surface area contributed by atoms with Gasteiger partial charge in [0.15, 0.2) is 11.5 Å². The molecule has 0 bridgehead atoms. The van der Waals surface area contributed by atoms with E-state index in [1.54, 1.807) is 39.8 Å². The van der Waals surface area contributed by atoms with Crippen LogP contribution in [-0.2, 0) is 32.0 Å². The van der Waals surface area contributed by atoms with Crippen molar-refractivity contribution in [3.8, 4) is 17.2 Å². The largest absolute Gasteiger partial charge is 0.493 e. The number of nitrogens with one attached hydrogen (secondary N) is 4. The number of rotatable bonds is 18. The van der Waals surface area contributed by atoms with E-state index in [1.807, 2.05) is 30.3 Å². The smallest absolute Gasteiger partial charge is 0.407 e. The Bertz CT molecular complexity index is 1370. The zero-order valence-corrected chi connectivity index (χ0v) is 29.7. The van der Waals surface area contributed by atoms with Crippen molar-refractivity contribution >= 4 is 24.0 Å². The van der Waals surface area contributed by atoms with Crippen LogP contribution in [0.1, 0.15) is 38.8 Å². The first-order valence-electron chi connectivity index (χ1n) is 15.8. The molecule has 4 amide bonds. The third kappa shape index (κ3) is 12.0. The molecule has 1 unspecified atom stereocenters. The number of carbonyl (C=O) groups is 4. The molecule has 4 atom stereocenters. The number of hydrogen-bond acceptors (Lipinski definition) is 11. The Morgan fingerprint density at radius 2 is 1.27 bits per heavy atom. The van der Waals surface area contributed by atoms with Crippen molar-refractivity contribution in [2.45, 2.75) is 64.9 Å². The highest BCUT2D eigenvalue weighted by Crippen LogP contribution is 2.40. The first-order chi connectivity index (χ1) is 23.3. The summed E-state index contributed by atoms with van der Waals surface area (Å²) in [6.45, 7) is 6.86. The topological polar surface area (TPSA) is 186 Å². The van der Waals surface area contributed by atoms with Gasteiger partial charge < -0.3 is 44.7 Å². The summed E-state index contributed by atoms with van der Waals surface area (Å²) in [6, 6.07) is 9.83. The van der Waals surface area contributed by atoms with Gasteiger partial charge in [0.05, 0.1) is 47.7 Å². The Balaban J connectivity index is 2.53. The van der Waals surface area contributed by atoms with Gasteiger partial charge in [0.25, 0.3) is 5.91 Å². The van der Waals surface area contributed by atoms with Gasteiger partial charge in [-0.2, -0.15) is 0 Å². The average Bonchev–Trinajstić information content (AvgIpc) is 3.08. The Hall–Kier alpha value is -4.76. The SMILES string of the molecule is COC(=O)N[C@H](C(=O)N[C@@H](Cc1ccccc1)C(O)CN(Cc1ccc(OC)c(OC)c1OC)NC(=O)[C@@H](NC(=O)OC)C(C)C)C(C)C. The zero-order chi connectivity index (χ0) is 36.7. The molecule has 0 aliphatic heterocycles. The number of amides is 4. The predicted octanol–water partition coefficient (Wildman–Crippen LogP) is 2.40. The van der Waals surface area contributed by atoms with Crippen molar-refractivity contribution in [2.24, 2.45) is 11.8 Å². The van der Waals surface area contributed by atoms with Crippen LogP contribution in [0.15, 0.2) is 42.5 Å². The molecule has 0 aliphatic rings. The van der Waals surface area contributed by atoms with Crippen molar-refractivity contribution in [1.82, 2.24) is 26.4 Å². The van der Waals surface area contributed by atoms with Crippen molar-refractivity contribution in [3.05, 3.63) is 53.6 Å². The van der Waals surface area contributed by atoms with Gasteiger partial charge in [-0.25, -0.2) is 14.6 Å². The maximum atomic E-state index is 13.6. The monoisotopic (exact) mass is 689 g/mol. The lowest BCUT2D eigenvalue weighted by atomic mass is 9.98. The summed E-state index contributed by atoms with van der Waals surface area (Å²) in [7, 11) is 6.82. The van der Waals surface area contributed by atoms with Crippen LogP contribution >= 0.6 is 0 Å². The molecule has 15 heteroatoms.